The van der Waals surface area contributed by atoms with E-state index in [1.807, 2.05) is 12.1 Å². The van der Waals surface area contributed by atoms with Crippen molar-refractivity contribution < 1.29 is 9.18 Å². The lowest BCUT2D eigenvalue weighted by atomic mass is 9.76. The summed E-state index contributed by atoms with van der Waals surface area (Å²) in [5.74, 6) is 0.521. The highest BCUT2D eigenvalue weighted by Crippen LogP contribution is 2.41. The lowest BCUT2D eigenvalue weighted by Gasteiger charge is -2.44. The number of benzene rings is 2. The largest absolute Gasteiger partial charge is 0.366 e. The van der Waals surface area contributed by atoms with Crippen LogP contribution in [0.2, 0.25) is 0 Å². The molecule has 178 valence electrons. The molecule has 0 aromatic heterocycles. The second-order valence-corrected chi connectivity index (χ2v) is 11.9. The number of hydrogen-bond acceptors (Lipinski definition) is 3. The standard InChI is InChI=1S/C28H36BrFN2O/c1-18-14-21(15-19(2)32(18)24-12-10-23(30)11-13-24)27(33)26-17-31(28(3,4)5)16-25(26)20-6-8-22(29)9-7-20/h6-13,18-19,21,25-26H,14-17H2,1-5H3/t18-,19+,21?,25-,26+/m0/s1. The molecular weight excluding hydrogens is 479 g/mol. The van der Waals surface area contributed by atoms with Gasteiger partial charge in [-0.1, -0.05) is 28.1 Å². The molecule has 5 atom stereocenters. The number of nitrogens with zero attached hydrogens (tertiary/aromatic N) is 2. The van der Waals surface area contributed by atoms with E-state index in [1.54, 1.807) is 0 Å². The Morgan fingerprint density at radius 1 is 0.939 bits per heavy atom. The van der Waals surface area contributed by atoms with Gasteiger partial charge in [0.2, 0.25) is 0 Å². The number of carbonyl (C=O) groups excluding carboxylic acids is 1. The van der Waals surface area contributed by atoms with Gasteiger partial charge in [0.25, 0.3) is 0 Å². The van der Waals surface area contributed by atoms with Crippen molar-refractivity contribution in [3.05, 3.63) is 64.4 Å². The Balaban J connectivity index is 1.55. The molecule has 2 fully saturated rings. The zero-order chi connectivity index (χ0) is 23.9. The highest BCUT2D eigenvalue weighted by atomic mass is 79.9. The maximum atomic E-state index is 14.0. The maximum absolute atomic E-state index is 14.0. The molecule has 0 N–H and O–H groups in total. The second kappa shape index (κ2) is 9.50. The Labute approximate surface area is 206 Å². The molecule has 0 amide bonds. The number of halogens is 2. The van der Waals surface area contributed by atoms with E-state index in [4.69, 9.17) is 0 Å². The van der Waals surface area contributed by atoms with E-state index in [1.165, 1.54) is 17.7 Å². The van der Waals surface area contributed by atoms with Gasteiger partial charge >= 0.3 is 0 Å². The SMILES string of the molecule is C[C@@H]1CC(C(=O)[C@@H]2CN(C(C)(C)C)C[C@H]2c2ccc(Br)cc2)C[C@H](C)N1c1ccc(F)cc1. The van der Waals surface area contributed by atoms with Crippen LogP contribution >= 0.6 is 15.9 Å². The molecule has 0 saturated carbocycles. The number of likely N-dealkylation sites (tertiary alicyclic amines) is 1. The first-order valence-electron chi connectivity index (χ1n) is 12.1. The Hall–Kier alpha value is -1.72. The Morgan fingerprint density at radius 3 is 2.06 bits per heavy atom. The first-order valence-corrected chi connectivity index (χ1v) is 12.9. The van der Waals surface area contributed by atoms with Gasteiger partial charge in [-0.25, -0.2) is 4.39 Å². The monoisotopic (exact) mass is 514 g/mol. The van der Waals surface area contributed by atoms with Gasteiger partial charge in [-0.3, -0.25) is 9.69 Å². The zero-order valence-corrected chi connectivity index (χ0v) is 22.0. The van der Waals surface area contributed by atoms with Crippen LogP contribution in [-0.2, 0) is 4.79 Å². The van der Waals surface area contributed by atoms with Gasteiger partial charge in [0, 0.05) is 58.6 Å². The van der Waals surface area contributed by atoms with Crippen molar-refractivity contribution in [1.29, 1.82) is 0 Å². The van der Waals surface area contributed by atoms with Gasteiger partial charge in [-0.15, -0.1) is 0 Å². The number of carbonyl (C=O) groups is 1. The summed E-state index contributed by atoms with van der Waals surface area (Å²) in [4.78, 5) is 18.8. The second-order valence-electron chi connectivity index (χ2n) is 11.0. The topological polar surface area (TPSA) is 23.6 Å². The third-order valence-corrected chi connectivity index (χ3v) is 8.19. The fourth-order valence-corrected chi connectivity index (χ4v) is 6.19. The average Bonchev–Trinajstić information content (AvgIpc) is 3.20. The van der Waals surface area contributed by atoms with Crippen molar-refractivity contribution in [3.8, 4) is 0 Å². The number of rotatable bonds is 4. The molecule has 0 bridgehead atoms. The number of Topliss-reactive ketones (excluding diaryl/α,β-unsaturated/α-hetero) is 1. The molecule has 5 heteroatoms. The maximum Gasteiger partial charge on any atom is 0.141 e. The van der Waals surface area contributed by atoms with Crippen LogP contribution in [0.15, 0.2) is 53.0 Å². The van der Waals surface area contributed by atoms with E-state index < -0.39 is 0 Å². The molecule has 2 saturated heterocycles. The summed E-state index contributed by atoms with van der Waals surface area (Å²) >= 11 is 3.54. The van der Waals surface area contributed by atoms with E-state index >= 15 is 0 Å². The minimum absolute atomic E-state index is 0.0205. The quantitative estimate of drug-likeness (QED) is 0.455. The smallest absolute Gasteiger partial charge is 0.141 e. The van der Waals surface area contributed by atoms with Crippen molar-refractivity contribution >= 4 is 27.4 Å². The predicted molar refractivity (Wildman–Crippen MR) is 137 cm³/mol. The first-order chi connectivity index (χ1) is 15.5. The normalized spacial score (nSPS) is 28.8. The van der Waals surface area contributed by atoms with Gasteiger partial charge in [0.05, 0.1) is 0 Å². The Morgan fingerprint density at radius 2 is 1.52 bits per heavy atom. The first kappa shape index (κ1) is 24.4. The fourth-order valence-electron chi connectivity index (χ4n) is 5.93. The van der Waals surface area contributed by atoms with Crippen molar-refractivity contribution in [2.75, 3.05) is 18.0 Å². The molecule has 0 radical (unpaired) electrons. The van der Waals surface area contributed by atoms with E-state index in [9.17, 15) is 9.18 Å². The van der Waals surface area contributed by atoms with Gasteiger partial charge in [-0.05, 0) is 89.4 Å². The summed E-state index contributed by atoms with van der Waals surface area (Å²) in [6.07, 6.45) is 1.69. The van der Waals surface area contributed by atoms with Crippen LogP contribution in [-0.4, -0.2) is 41.4 Å². The lowest BCUT2D eigenvalue weighted by Crippen LogP contribution is -2.49. The van der Waals surface area contributed by atoms with Gasteiger partial charge in [-0.2, -0.15) is 0 Å². The highest BCUT2D eigenvalue weighted by Gasteiger charge is 2.45. The van der Waals surface area contributed by atoms with Crippen LogP contribution in [0.25, 0.3) is 0 Å². The van der Waals surface area contributed by atoms with E-state index in [-0.39, 0.29) is 41.2 Å². The summed E-state index contributed by atoms with van der Waals surface area (Å²) in [5.41, 5.74) is 2.33. The Bertz CT molecular complexity index is 957. The van der Waals surface area contributed by atoms with Crippen LogP contribution in [0.3, 0.4) is 0 Å². The summed E-state index contributed by atoms with van der Waals surface area (Å²) < 4.78 is 14.5. The zero-order valence-electron chi connectivity index (χ0n) is 20.4. The Kier molecular flexibility index (Phi) is 7.02. The minimum atomic E-state index is -0.215. The molecule has 2 aromatic carbocycles. The van der Waals surface area contributed by atoms with Crippen LogP contribution in [0, 0.1) is 17.7 Å². The highest BCUT2D eigenvalue weighted by molar-refractivity contribution is 9.10. The number of piperidine rings is 1. The minimum Gasteiger partial charge on any atom is -0.366 e. The third kappa shape index (κ3) is 5.19. The molecule has 4 rings (SSSR count). The number of anilines is 1. The van der Waals surface area contributed by atoms with E-state index in [2.05, 4.69) is 84.6 Å². The van der Waals surface area contributed by atoms with Crippen LogP contribution < -0.4 is 4.90 Å². The summed E-state index contributed by atoms with van der Waals surface area (Å²) in [7, 11) is 0. The lowest BCUT2D eigenvalue weighted by molar-refractivity contribution is -0.128. The van der Waals surface area contributed by atoms with Crippen molar-refractivity contribution in [1.82, 2.24) is 4.90 Å². The number of ketones is 1. The summed E-state index contributed by atoms with van der Waals surface area (Å²) in [6.45, 7) is 12.9. The van der Waals surface area contributed by atoms with Crippen LogP contribution in [0.4, 0.5) is 10.1 Å². The number of hydrogen-bond donors (Lipinski definition) is 0. The van der Waals surface area contributed by atoms with Gasteiger partial charge in [0.1, 0.15) is 11.6 Å². The average molecular weight is 516 g/mol. The van der Waals surface area contributed by atoms with Crippen molar-refractivity contribution in [2.24, 2.45) is 11.8 Å². The molecule has 2 heterocycles. The molecule has 2 aromatic rings. The molecule has 1 unspecified atom stereocenters. The predicted octanol–water partition coefficient (Wildman–Crippen LogP) is 6.66. The van der Waals surface area contributed by atoms with Crippen LogP contribution in [0.5, 0.6) is 0 Å². The third-order valence-electron chi connectivity index (χ3n) is 7.66. The molecule has 2 aliphatic rings. The molecule has 33 heavy (non-hydrogen) atoms. The molecule has 3 nitrogen and oxygen atoms in total. The van der Waals surface area contributed by atoms with Crippen LogP contribution in [0.1, 0.15) is 58.9 Å². The van der Waals surface area contributed by atoms with Gasteiger partial charge < -0.3 is 4.90 Å². The molecular formula is C28H36BrFN2O. The molecule has 0 aliphatic carbocycles. The summed E-state index contributed by atoms with van der Waals surface area (Å²) in [5, 5.41) is 0. The van der Waals surface area contributed by atoms with Crippen molar-refractivity contribution in [2.45, 2.75) is 71.0 Å². The molecule has 0 spiro atoms. The molecule has 2 aliphatic heterocycles. The summed E-state index contributed by atoms with van der Waals surface area (Å²) in [6, 6.07) is 15.7. The fraction of sp³-hybridized carbons (Fsp3) is 0.536. The van der Waals surface area contributed by atoms with Gasteiger partial charge in [0.15, 0.2) is 0 Å². The van der Waals surface area contributed by atoms with E-state index in [0.717, 1.165) is 36.1 Å². The van der Waals surface area contributed by atoms with Crippen molar-refractivity contribution in [3.63, 3.8) is 0 Å². The van der Waals surface area contributed by atoms with E-state index in [0.29, 0.717) is 5.78 Å².